The van der Waals surface area contributed by atoms with E-state index in [1.54, 1.807) is 12.5 Å². The van der Waals surface area contributed by atoms with Crippen molar-refractivity contribution in [3.8, 4) is 0 Å². The highest BCUT2D eigenvalue weighted by atomic mass is 15.2. The van der Waals surface area contributed by atoms with Gasteiger partial charge in [-0.25, -0.2) is 9.97 Å². The van der Waals surface area contributed by atoms with E-state index in [1.807, 2.05) is 13.1 Å². The molecule has 1 saturated heterocycles. The van der Waals surface area contributed by atoms with Crippen molar-refractivity contribution in [1.29, 1.82) is 0 Å². The lowest BCUT2D eigenvalue weighted by molar-refractivity contribution is 0.616. The number of likely N-dealkylation sites (N-methyl/N-ethyl adjacent to an activating group) is 1. The van der Waals surface area contributed by atoms with Gasteiger partial charge in [0.15, 0.2) is 0 Å². The monoisotopic (exact) mass is 178 g/mol. The van der Waals surface area contributed by atoms with Gasteiger partial charge in [0.25, 0.3) is 0 Å². The predicted octanol–water partition coefficient (Wildman–Crippen LogP) is 0.275. The molecule has 1 fully saturated rings. The van der Waals surface area contributed by atoms with Gasteiger partial charge in [-0.05, 0) is 19.5 Å². The van der Waals surface area contributed by atoms with Crippen LogP contribution in [0, 0.1) is 0 Å². The van der Waals surface area contributed by atoms with Crippen LogP contribution in [0.3, 0.4) is 0 Å². The molecule has 0 radical (unpaired) electrons. The normalized spacial score (nSPS) is 22.2. The fraction of sp³-hybridized carbons (Fsp3) is 0.556. The predicted molar refractivity (Wildman–Crippen MR) is 51.7 cm³/mol. The molecule has 1 aliphatic rings. The third kappa shape index (κ3) is 1.78. The second-order valence-corrected chi connectivity index (χ2v) is 3.29. The SMILES string of the molecule is CN[C@H]1CCN(c2ccncn2)C1. The summed E-state index contributed by atoms with van der Waals surface area (Å²) < 4.78 is 0. The fourth-order valence-electron chi connectivity index (χ4n) is 1.67. The standard InChI is InChI=1S/C9H14N4/c1-10-8-3-5-13(6-8)9-2-4-11-7-12-9/h2,4,7-8,10H,3,5-6H2,1H3/t8-/m0/s1. The summed E-state index contributed by atoms with van der Waals surface area (Å²) >= 11 is 0. The van der Waals surface area contributed by atoms with Crippen molar-refractivity contribution in [2.24, 2.45) is 0 Å². The van der Waals surface area contributed by atoms with Gasteiger partial charge >= 0.3 is 0 Å². The van der Waals surface area contributed by atoms with E-state index in [2.05, 4.69) is 20.2 Å². The highest BCUT2D eigenvalue weighted by Crippen LogP contribution is 2.16. The number of hydrogen-bond donors (Lipinski definition) is 1. The summed E-state index contributed by atoms with van der Waals surface area (Å²) in [5.41, 5.74) is 0. The highest BCUT2D eigenvalue weighted by Gasteiger charge is 2.21. The minimum absolute atomic E-state index is 0.606. The number of rotatable bonds is 2. The molecule has 0 spiro atoms. The Hall–Kier alpha value is -1.16. The van der Waals surface area contributed by atoms with Crippen molar-refractivity contribution in [3.63, 3.8) is 0 Å². The quantitative estimate of drug-likeness (QED) is 0.706. The Morgan fingerprint density at radius 1 is 1.62 bits per heavy atom. The molecule has 0 amide bonds. The number of hydrogen-bond acceptors (Lipinski definition) is 4. The number of nitrogens with one attached hydrogen (secondary N) is 1. The van der Waals surface area contributed by atoms with Crippen LogP contribution in [0.2, 0.25) is 0 Å². The first-order valence-corrected chi connectivity index (χ1v) is 4.58. The molecule has 0 saturated carbocycles. The minimum atomic E-state index is 0.606. The van der Waals surface area contributed by atoms with Crippen molar-refractivity contribution >= 4 is 5.82 Å². The molecule has 1 aromatic rings. The summed E-state index contributed by atoms with van der Waals surface area (Å²) in [5.74, 6) is 1.03. The molecule has 2 heterocycles. The summed E-state index contributed by atoms with van der Waals surface area (Å²) in [7, 11) is 2.01. The van der Waals surface area contributed by atoms with Crippen LogP contribution in [0.4, 0.5) is 5.82 Å². The van der Waals surface area contributed by atoms with Crippen molar-refractivity contribution in [3.05, 3.63) is 18.6 Å². The van der Waals surface area contributed by atoms with Gasteiger partial charge in [0.2, 0.25) is 0 Å². The maximum Gasteiger partial charge on any atom is 0.131 e. The van der Waals surface area contributed by atoms with E-state index in [1.165, 1.54) is 6.42 Å². The zero-order chi connectivity index (χ0) is 9.10. The molecule has 0 aliphatic carbocycles. The Morgan fingerprint density at radius 2 is 2.54 bits per heavy atom. The summed E-state index contributed by atoms with van der Waals surface area (Å²) in [4.78, 5) is 10.4. The first-order chi connectivity index (χ1) is 6.40. The smallest absolute Gasteiger partial charge is 0.131 e. The van der Waals surface area contributed by atoms with E-state index in [-0.39, 0.29) is 0 Å². The summed E-state index contributed by atoms with van der Waals surface area (Å²) in [5, 5.41) is 3.28. The lowest BCUT2D eigenvalue weighted by Crippen LogP contribution is -2.29. The number of aromatic nitrogens is 2. The van der Waals surface area contributed by atoms with Crippen LogP contribution in [-0.4, -0.2) is 36.1 Å². The van der Waals surface area contributed by atoms with Crippen LogP contribution < -0.4 is 10.2 Å². The van der Waals surface area contributed by atoms with E-state index in [4.69, 9.17) is 0 Å². The third-order valence-corrected chi connectivity index (χ3v) is 2.49. The lowest BCUT2D eigenvalue weighted by atomic mass is 10.3. The summed E-state index contributed by atoms with van der Waals surface area (Å²) in [6.45, 7) is 2.13. The average Bonchev–Trinajstić information content (AvgIpc) is 2.67. The van der Waals surface area contributed by atoms with E-state index in [0.717, 1.165) is 18.9 Å². The second kappa shape index (κ2) is 3.70. The lowest BCUT2D eigenvalue weighted by Gasteiger charge is -2.16. The fourth-order valence-corrected chi connectivity index (χ4v) is 1.67. The zero-order valence-corrected chi connectivity index (χ0v) is 7.77. The van der Waals surface area contributed by atoms with Crippen LogP contribution >= 0.6 is 0 Å². The minimum Gasteiger partial charge on any atom is -0.355 e. The number of nitrogens with zero attached hydrogens (tertiary/aromatic N) is 3. The molecule has 1 N–H and O–H groups in total. The Bertz CT molecular complexity index is 262. The van der Waals surface area contributed by atoms with Gasteiger partial charge in [0, 0.05) is 25.3 Å². The van der Waals surface area contributed by atoms with E-state index < -0.39 is 0 Å². The van der Waals surface area contributed by atoms with Crippen LogP contribution in [0.15, 0.2) is 18.6 Å². The van der Waals surface area contributed by atoms with Crippen LogP contribution in [0.1, 0.15) is 6.42 Å². The molecule has 0 unspecified atom stereocenters. The molecular formula is C9H14N4. The summed E-state index contributed by atoms with van der Waals surface area (Å²) in [6, 6.07) is 2.56. The number of anilines is 1. The van der Waals surface area contributed by atoms with Crippen LogP contribution in [0.5, 0.6) is 0 Å². The topological polar surface area (TPSA) is 41.0 Å². The molecule has 13 heavy (non-hydrogen) atoms. The van der Waals surface area contributed by atoms with Gasteiger partial charge in [0.05, 0.1) is 0 Å². The molecule has 4 nitrogen and oxygen atoms in total. The highest BCUT2D eigenvalue weighted by molar-refractivity contribution is 5.38. The molecule has 2 rings (SSSR count). The van der Waals surface area contributed by atoms with Crippen LogP contribution in [-0.2, 0) is 0 Å². The van der Waals surface area contributed by atoms with Gasteiger partial charge < -0.3 is 10.2 Å². The largest absolute Gasteiger partial charge is 0.355 e. The maximum atomic E-state index is 4.22. The van der Waals surface area contributed by atoms with Gasteiger partial charge in [-0.1, -0.05) is 0 Å². The molecular weight excluding hydrogens is 164 g/mol. The van der Waals surface area contributed by atoms with Crippen molar-refractivity contribution in [2.45, 2.75) is 12.5 Å². The maximum absolute atomic E-state index is 4.22. The Morgan fingerprint density at radius 3 is 3.15 bits per heavy atom. The first kappa shape index (κ1) is 8.44. The molecule has 1 atom stereocenters. The van der Waals surface area contributed by atoms with E-state index in [9.17, 15) is 0 Å². The molecule has 1 aliphatic heterocycles. The second-order valence-electron chi connectivity index (χ2n) is 3.29. The molecule has 4 heteroatoms. The molecule has 70 valence electrons. The van der Waals surface area contributed by atoms with Crippen molar-refractivity contribution in [1.82, 2.24) is 15.3 Å². The molecule has 0 bridgehead atoms. The van der Waals surface area contributed by atoms with Gasteiger partial charge in [-0.2, -0.15) is 0 Å². The van der Waals surface area contributed by atoms with Crippen LogP contribution in [0.25, 0.3) is 0 Å². The van der Waals surface area contributed by atoms with Crippen molar-refractivity contribution in [2.75, 3.05) is 25.0 Å². The Kier molecular flexibility index (Phi) is 2.40. The summed E-state index contributed by atoms with van der Waals surface area (Å²) in [6.07, 6.45) is 4.58. The average molecular weight is 178 g/mol. The molecule has 1 aromatic heterocycles. The zero-order valence-electron chi connectivity index (χ0n) is 7.77. The first-order valence-electron chi connectivity index (χ1n) is 4.58. The van der Waals surface area contributed by atoms with Gasteiger partial charge in [-0.15, -0.1) is 0 Å². The van der Waals surface area contributed by atoms with Gasteiger partial charge in [0.1, 0.15) is 12.1 Å². The van der Waals surface area contributed by atoms with Crippen molar-refractivity contribution < 1.29 is 0 Å². The Labute approximate surface area is 78.0 Å². The third-order valence-electron chi connectivity index (χ3n) is 2.49. The Balaban J connectivity index is 2.04. The van der Waals surface area contributed by atoms with E-state index >= 15 is 0 Å². The van der Waals surface area contributed by atoms with Gasteiger partial charge in [-0.3, -0.25) is 0 Å². The molecule has 0 aromatic carbocycles. The van der Waals surface area contributed by atoms with E-state index in [0.29, 0.717) is 6.04 Å².